The van der Waals surface area contributed by atoms with Gasteiger partial charge in [0.25, 0.3) is 8.32 Å². The lowest BCUT2D eigenvalue weighted by Crippen LogP contribution is -2.66. The van der Waals surface area contributed by atoms with Crippen molar-refractivity contribution in [1.82, 2.24) is 24.1 Å². The number of fused-ring (bicyclic) bond motifs is 1. The van der Waals surface area contributed by atoms with Crippen molar-refractivity contribution in [2.45, 2.75) is 63.7 Å². The molecule has 0 radical (unpaired) electrons. The van der Waals surface area contributed by atoms with E-state index in [2.05, 4.69) is 55.2 Å². The first-order valence-electron chi connectivity index (χ1n) is 18.9. The number of aryl methyl sites for hydroxylation is 4. The van der Waals surface area contributed by atoms with Crippen LogP contribution in [-0.2, 0) is 74.2 Å². The number of ether oxygens (including phenoxy) is 2. The van der Waals surface area contributed by atoms with E-state index in [1.165, 1.54) is 14.2 Å². The van der Waals surface area contributed by atoms with Crippen LogP contribution in [0.4, 0.5) is 0 Å². The van der Waals surface area contributed by atoms with Crippen LogP contribution >= 0.6 is 11.6 Å². The van der Waals surface area contributed by atoms with Crippen LogP contribution in [0.5, 0.6) is 0 Å². The van der Waals surface area contributed by atoms with Crippen molar-refractivity contribution in [3.63, 3.8) is 0 Å². The van der Waals surface area contributed by atoms with Gasteiger partial charge >= 0.3 is 11.9 Å². The van der Waals surface area contributed by atoms with E-state index >= 15 is 0 Å². The normalized spacial score (nSPS) is 12.3. The minimum atomic E-state index is -3.85. The minimum Gasteiger partial charge on any atom is -0.469 e. The summed E-state index contributed by atoms with van der Waals surface area (Å²) in [5, 5.41) is 12.4. The van der Waals surface area contributed by atoms with Gasteiger partial charge in [-0.2, -0.15) is 10.2 Å². The number of methoxy groups -OCH3 is 2. The van der Waals surface area contributed by atoms with Gasteiger partial charge in [-0.15, -0.1) is 0 Å². The Morgan fingerprint density at radius 3 is 2.02 bits per heavy atom. The number of sulfone groups is 1. The third-order valence-electron chi connectivity index (χ3n) is 10.9. The Morgan fingerprint density at radius 2 is 1.45 bits per heavy atom. The summed E-state index contributed by atoms with van der Waals surface area (Å²) in [4.78, 5) is 25.3. The number of carbonyl (C=O) groups excluding carboxylic acids is 2. The van der Waals surface area contributed by atoms with Gasteiger partial charge in [0.2, 0.25) is 0 Å². The maximum absolute atomic E-state index is 14.1. The van der Waals surface area contributed by atoms with Crippen LogP contribution in [-0.4, -0.2) is 67.0 Å². The quantitative estimate of drug-likeness (QED) is 0.0907. The molecule has 0 saturated carbocycles. The van der Waals surface area contributed by atoms with Gasteiger partial charge in [0.1, 0.15) is 5.69 Å². The van der Waals surface area contributed by atoms with Crippen molar-refractivity contribution in [3.8, 4) is 11.1 Å². The standard InChI is InChI=1S/C43H50ClN5O7SSi/c1-28-38(39-35(44)22-20-33-34(21-23-37(50)54-8)41(42(51)55-9)47(5)40(33)39)36(46-48(28)6)27-57(52,53)26-29-24-30(49(7)45-29)25-56-58(43(2,3)4,31-16-12-10-13-17-31)32-18-14-11-15-19-32/h10-20,22,24H,21,23,25-27H2,1-9H3. The van der Waals surface area contributed by atoms with Gasteiger partial charge in [-0.1, -0.05) is 99.1 Å². The lowest BCUT2D eigenvalue weighted by Gasteiger charge is -2.43. The van der Waals surface area contributed by atoms with Crippen molar-refractivity contribution < 1.29 is 31.9 Å². The molecule has 0 fully saturated rings. The molecule has 0 spiro atoms. The summed E-state index contributed by atoms with van der Waals surface area (Å²) in [6.07, 6.45) is 0.242. The lowest BCUT2D eigenvalue weighted by molar-refractivity contribution is -0.140. The molecular formula is C43H50ClN5O7SSi. The molecule has 306 valence electrons. The van der Waals surface area contributed by atoms with E-state index in [-0.39, 0.29) is 35.9 Å². The molecule has 0 aliphatic carbocycles. The molecule has 3 aromatic carbocycles. The molecule has 0 bridgehead atoms. The van der Waals surface area contributed by atoms with E-state index in [0.29, 0.717) is 49.7 Å². The molecule has 6 rings (SSSR count). The van der Waals surface area contributed by atoms with E-state index in [1.54, 1.807) is 53.3 Å². The van der Waals surface area contributed by atoms with Gasteiger partial charge in [-0.25, -0.2) is 13.2 Å². The predicted molar refractivity (Wildman–Crippen MR) is 228 cm³/mol. The maximum Gasteiger partial charge on any atom is 0.354 e. The van der Waals surface area contributed by atoms with E-state index in [4.69, 9.17) is 25.5 Å². The Balaban J connectivity index is 1.34. The minimum absolute atomic E-state index is 0.0355. The van der Waals surface area contributed by atoms with Crippen molar-refractivity contribution in [3.05, 3.63) is 118 Å². The van der Waals surface area contributed by atoms with Crippen LogP contribution in [0.2, 0.25) is 10.1 Å². The van der Waals surface area contributed by atoms with Crippen LogP contribution < -0.4 is 10.4 Å². The summed E-state index contributed by atoms with van der Waals surface area (Å²) in [7, 11) is 1.14. The van der Waals surface area contributed by atoms with Crippen molar-refractivity contribution in [2.75, 3.05) is 14.2 Å². The van der Waals surface area contributed by atoms with Gasteiger partial charge < -0.3 is 18.5 Å². The smallest absolute Gasteiger partial charge is 0.354 e. The first kappa shape index (κ1) is 42.6. The van der Waals surface area contributed by atoms with Crippen LogP contribution in [0.25, 0.3) is 22.0 Å². The van der Waals surface area contributed by atoms with E-state index in [1.807, 2.05) is 43.3 Å². The lowest BCUT2D eigenvalue weighted by atomic mass is 9.98. The largest absolute Gasteiger partial charge is 0.469 e. The Kier molecular flexibility index (Phi) is 12.2. The Labute approximate surface area is 345 Å². The van der Waals surface area contributed by atoms with Gasteiger partial charge in [0, 0.05) is 49.8 Å². The topological polar surface area (TPSA) is 137 Å². The second kappa shape index (κ2) is 16.7. The number of halogens is 1. The number of rotatable bonds is 14. The SMILES string of the molecule is COC(=O)CCc1c(C(=O)OC)n(C)c2c(-c3c(CS(=O)(=O)Cc4cc(CO[Si](c5ccccc5)(c5ccccc5)C(C)(C)C)n(C)n4)nn(C)c3C)c(Cl)ccc12. The van der Waals surface area contributed by atoms with E-state index in [9.17, 15) is 18.0 Å². The first-order valence-corrected chi connectivity index (χ1v) is 23.0. The van der Waals surface area contributed by atoms with Gasteiger partial charge in [0.15, 0.2) is 9.84 Å². The monoisotopic (exact) mass is 843 g/mol. The molecule has 0 unspecified atom stereocenters. The predicted octanol–water partition coefficient (Wildman–Crippen LogP) is 6.36. The fourth-order valence-corrected chi connectivity index (χ4v) is 14.2. The molecule has 0 atom stereocenters. The van der Waals surface area contributed by atoms with Crippen LogP contribution in [0.3, 0.4) is 0 Å². The number of hydrogen-bond acceptors (Lipinski definition) is 9. The Bertz CT molecular complexity index is 2550. The summed E-state index contributed by atoms with van der Waals surface area (Å²) < 4.78 is 50.4. The molecule has 3 aromatic heterocycles. The molecule has 0 aliphatic rings. The zero-order valence-corrected chi connectivity index (χ0v) is 37.0. The Hall–Kier alpha value is -5.02. The highest BCUT2D eigenvalue weighted by molar-refractivity contribution is 7.89. The molecule has 12 nitrogen and oxygen atoms in total. The summed E-state index contributed by atoms with van der Waals surface area (Å²) in [5.41, 5.74) is 4.61. The molecule has 15 heteroatoms. The molecule has 58 heavy (non-hydrogen) atoms. The van der Waals surface area contributed by atoms with Crippen molar-refractivity contribution >= 4 is 63.0 Å². The van der Waals surface area contributed by atoms with Crippen molar-refractivity contribution in [1.29, 1.82) is 0 Å². The van der Waals surface area contributed by atoms with Crippen LogP contribution in [0, 0.1) is 6.92 Å². The van der Waals surface area contributed by atoms with Gasteiger partial charge in [-0.05, 0) is 46.5 Å². The van der Waals surface area contributed by atoms with Gasteiger partial charge in [-0.3, -0.25) is 14.2 Å². The summed E-state index contributed by atoms with van der Waals surface area (Å²) in [6, 6.07) is 26.0. The third-order valence-corrected chi connectivity index (χ3v) is 17.6. The highest BCUT2D eigenvalue weighted by atomic mass is 35.5. The highest BCUT2D eigenvalue weighted by Crippen LogP contribution is 2.43. The third kappa shape index (κ3) is 8.02. The molecule has 0 N–H and O–H groups in total. The Morgan fingerprint density at radius 1 is 0.828 bits per heavy atom. The molecular weight excluding hydrogens is 794 g/mol. The zero-order valence-electron chi connectivity index (χ0n) is 34.4. The van der Waals surface area contributed by atoms with E-state index in [0.717, 1.165) is 16.1 Å². The zero-order chi connectivity index (χ0) is 42.2. The average Bonchev–Trinajstić information content (AvgIpc) is 3.77. The first-order chi connectivity index (χ1) is 27.4. The van der Waals surface area contributed by atoms with Crippen LogP contribution in [0.1, 0.15) is 66.0 Å². The van der Waals surface area contributed by atoms with Crippen LogP contribution in [0.15, 0.2) is 78.9 Å². The fourth-order valence-electron chi connectivity index (χ4n) is 8.09. The highest BCUT2D eigenvalue weighted by Gasteiger charge is 2.50. The molecule has 6 aromatic rings. The molecule has 0 amide bonds. The molecule has 0 aliphatic heterocycles. The summed E-state index contributed by atoms with van der Waals surface area (Å²) in [6.45, 7) is 8.70. The van der Waals surface area contributed by atoms with E-state index < -0.39 is 35.8 Å². The average molecular weight is 845 g/mol. The second-order valence-electron chi connectivity index (χ2n) is 15.5. The van der Waals surface area contributed by atoms with Crippen molar-refractivity contribution in [2.24, 2.45) is 21.1 Å². The number of hydrogen-bond donors (Lipinski definition) is 0. The molecule has 3 heterocycles. The molecule has 0 saturated heterocycles. The number of nitrogens with zero attached hydrogens (tertiary/aromatic N) is 5. The number of benzene rings is 3. The fraction of sp³-hybridized carbons (Fsp3) is 0.349. The summed E-state index contributed by atoms with van der Waals surface area (Å²) in [5.74, 6) is -1.74. The number of esters is 2. The summed E-state index contributed by atoms with van der Waals surface area (Å²) >= 11 is 6.97. The number of aromatic nitrogens is 5. The number of carbonyl (C=O) groups is 2. The second-order valence-corrected chi connectivity index (χ2v) is 22.3. The maximum atomic E-state index is 14.1. The van der Waals surface area contributed by atoms with Gasteiger partial charge in [0.05, 0.1) is 60.0 Å².